The summed E-state index contributed by atoms with van der Waals surface area (Å²) in [6.07, 6.45) is 1.38. The number of aromatic nitrogens is 2. The monoisotopic (exact) mass is 273 g/mol. The highest BCUT2D eigenvalue weighted by Crippen LogP contribution is 2.28. The first-order valence-corrected chi connectivity index (χ1v) is 6.98. The molecule has 2 atom stereocenters. The normalized spacial score (nSPS) is 25.2. The van der Waals surface area contributed by atoms with Crippen LogP contribution in [0, 0.1) is 11.8 Å². The van der Waals surface area contributed by atoms with Crippen LogP contribution in [0.15, 0.2) is 17.3 Å². The molecule has 2 heterocycles. The summed E-state index contributed by atoms with van der Waals surface area (Å²) in [6, 6.07) is 1.39. The molecule has 1 aromatic heterocycles. The van der Waals surface area contributed by atoms with Crippen LogP contribution in [0.3, 0.4) is 0 Å². The van der Waals surface area contributed by atoms with Crippen LogP contribution in [0.1, 0.15) is 6.92 Å². The van der Waals surface area contributed by atoms with Crippen LogP contribution in [-0.4, -0.2) is 49.1 Å². The zero-order chi connectivity index (χ0) is 13.3. The summed E-state index contributed by atoms with van der Waals surface area (Å²) in [5.74, 6) is -0.840. The van der Waals surface area contributed by atoms with Gasteiger partial charge in [0.15, 0.2) is 5.03 Å². The first kappa shape index (κ1) is 13.0. The molecular weight excluding hydrogens is 258 g/mol. The Morgan fingerprint density at radius 3 is 2.83 bits per heavy atom. The SMILES string of the molecule is COC(=O)C1CN(S(=O)(=O)c2ccn[nH]2)CC1C. The Balaban J connectivity index is 2.20. The van der Waals surface area contributed by atoms with Gasteiger partial charge >= 0.3 is 5.97 Å². The second kappa shape index (κ2) is 4.69. The van der Waals surface area contributed by atoms with Crippen LogP contribution in [-0.2, 0) is 19.6 Å². The largest absolute Gasteiger partial charge is 0.469 e. The lowest BCUT2D eigenvalue weighted by Gasteiger charge is -2.14. The van der Waals surface area contributed by atoms with E-state index in [2.05, 4.69) is 14.9 Å². The summed E-state index contributed by atoms with van der Waals surface area (Å²) < 4.78 is 30.4. The van der Waals surface area contributed by atoms with Gasteiger partial charge in [-0.2, -0.15) is 9.40 Å². The average Bonchev–Trinajstić information content (AvgIpc) is 2.97. The fourth-order valence-electron chi connectivity index (χ4n) is 2.10. The number of aromatic amines is 1. The van der Waals surface area contributed by atoms with Gasteiger partial charge in [-0.05, 0) is 12.0 Å². The van der Waals surface area contributed by atoms with E-state index in [1.165, 1.54) is 23.7 Å². The van der Waals surface area contributed by atoms with Gasteiger partial charge in [0, 0.05) is 13.1 Å². The van der Waals surface area contributed by atoms with Crippen molar-refractivity contribution in [3.8, 4) is 0 Å². The van der Waals surface area contributed by atoms with Crippen LogP contribution >= 0.6 is 0 Å². The molecule has 1 aliphatic heterocycles. The molecule has 1 aromatic rings. The Labute approximate surface area is 105 Å². The highest BCUT2D eigenvalue weighted by Gasteiger charge is 2.41. The zero-order valence-electron chi connectivity index (χ0n) is 10.2. The van der Waals surface area contributed by atoms with Crippen LogP contribution in [0.4, 0.5) is 0 Å². The Bertz CT molecular complexity index is 525. The number of esters is 1. The number of hydrogen-bond donors (Lipinski definition) is 1. The molecule has 100 valence electrons. The van der Waals surface area contributed by atoms with Crippen LogP contribution in [0.25, 0.3) is 0 Å². The molecule has 0 radical (unpaired) electrons. The standard InChI is InChI=1S/C10H15N3O4S/c1-7-5-13(6-8(7)10(14)17-2)18(15,16)9-3-4-11-12-9/h3-4,7-8H,5-6H2,1-2H3,(H,11,12). The number of nitrogens with one attached hydrogen (secondary N) is 1. The van der Waals surface area contributed by atoms with Crippen LogP contribution in [0.5, 0.6) is 0 Å². The Hall–Kier alpha value is -1.41. The molecule has 7 nitrogen and oxygen atoms in total. The first-order chi connectivity index (χ1) is 8.46. The summed E-state index contributed by atoms with van der Waals surface area (Å²) in [5, 5.41) is 6.10. The lowest BCUT2D eigenvalue weighted by molar-refractivity contribution is -0.145. The van der Waals surface area contributed by atoms with Gasteiger partial charge in [0.1, 0.15) is 0 Å². The lowest BCUT2D eigenvalue weighted by atomic mass is 9.99. The van der Waals surface area contributed by atoms with Gasteiger partial charge in [-0.25, -0.2) is 8.42 Å². The predicted molar refractivity (Wildman–Crippen MR) is 62.0 cm³/mol. The van der Waals surface area contributed by atoms with Gasteiger partial charge in [-0.15, -0.1) is 0 Å². The molecule has 0 bridgehead atoms. The quantitative estimate of drug-likeness (QED) is 0.772. The summed E-state index contributed by atoms with van der Waals surface area (Å²) in [6.45, 7) is 2.29. The van der Waals surface area contributed by atoms with Gasteiger partial charge in [0.25, 0.3) is 10.0 Å². The van der Waals surface area contributed by atoms with Crippen molar-refractivity contribution in [2.24, 2.45) is 11.8 Å². The van der Waals surface area contributed by atoms with Gasteiger partial charge in [-0.3, -0.25) is 9.89 Å². The minimum absolute atomic E-state index is 0.0419. The summed E-state index contributed by atoms with van der Waals surface area (Å²) in [7, 11) is -2.29. The van der Waals surface area contributed by atoms with Crippen molar-refractivity contribution in [3.05, 3.63) is 12.3 Å². The molecule has 1 aliphatic rings. The third-order valence-electron chi connectivity index (χ3n) is 3.18. The van der Waals surface area contributed by atoms with E-state index in [1.54, 1.807) is 0 Å². The molecule has 1 saturated heterocycles. The van der Waals surface area contributed by atoms with Crippen LogP contribution < -0.4 is 0 Å². The molecule has 2 rings (SSSR count). The number of sulfonamides is 1. The fraction of sp³-hybridized carbons (Fsp3) is 0.600. The van der Waals surface area contributed by atoms with E-state index in [0.29, 0.717) is 6.54 Å². The highest BCUT2D eigenvalue weighted by atomic mass is 32.2. The van der Waals surface area contributed by atoms with E-state index in [-0.39, 0.29) is 23.5 Å². The maximum absolute atomic E-state index is 12.2. The second-order valence-corrected chi connectivity index (χ2v) is 6.26. The molecule has 0 saturated carbocycles. The van der Waals surface area contributed by atoms with Crippen molar-refractivity contribution < 1.29 is 17.9 Å². The van der Waals surface area contributed by atoms with Crippen LogP contribution in [0.2, 0.25) is 0 Å². The number of nitrogens with zero attached hydrogens (tertiary/aromatic N) is 2. The summed E-state index contributed by atoms with van der Waals surface area (Å²) >= 11 is 0. The molecule has 0 amide bonds. The number of ether oxygens (including phenoxy) is 1. The Kier molecular flexibility index (Phi) is 3.40. The van der Waals surface area contributed by atoms with Gasteiger partial charge in [0.05, 0.1) is 19.2 Å². The minimum Gasteiger partial charge on any atom is -0.469 e. The van der Waals surface area contributed by atoms with Crippen molar-refractivity contribution >= 4 is 16.0 Å². The Morgan fingerprint density at radius 1 is 1.56 bits per heavy atom. The molecule has 0 aliphatic carbocycles. The van der Waals surface area contributed by atoms with E-state index in [0.717, 1.165) is 0 Å². The molecule has 0 spiro atoms. The van der Waals surface area contributed by atoms with Gasteiger partial charge in [-0.1, -0.05) is 6.92 Å². The number of hydrogen-bond acceptors (Lipinski definition) is 5. The fourth-order valence-corrected chi connectivity index (χ4v) is 3.57. The van der Waals surface area contributed by atoms with E-state index in [9.17, 15) is 13.2 Å². The number of rotatable bonds is 3. The van der Waals surface area contributed by atoms with Crippen molar-refractivity contribution in [2.45, 2.75) is 11.9 Å². The molecular formula is C10H15N3O4S. The third kappa shape index (κ3) is 2.13. The minimum atomic E-state index is -3.60. The van der Waals surface area contributed by atoms with Gasteiger partial charge in [0.2, 0.25) is 0 Å². The number of methoxy groups -OCH3 is 1. The van der Waals surface area contributed by atoms with Crippen molar-refractivity contribution in [3.63, 3.8) is 0 Å². The first-order valence-electron chi connectivity index (χ1n) is 5.54. The summed E-state index contributed by atoms with van der Waals surface area (Å²) in [4.78, 5) is 11.5. The highest BCUT2D eigenvalue weighted by molar-refractivity contribution is 7.89. The predicted octanol–water partition coefficient (Wildman–Crippen LogP) is -0.161. The van der Waals surface area contributed by atoms with E-state index >= 15 is 0 Å². The molecule has 2 unspecified atom stereocenters. The second-order valence-electron chi connectivity index (χ2n) is 4.35. The Morgan fingerprint density at radius 2 is 2.28 bits per heavy atom. The van der Waals surface area contributed by atoms with Crippen molar-refractivity contribution in [1.29, 1.82) is 0 Å². The van der Waals surface area contributed by atoms with E-state index < -0.39 is 15.9 Å². The molecule has 0 aromatic carbocycles. The number of carbonyl (C=O) groups excluding carboxylic acids is 1. The van der Waals surface area contributed by atoms with Gasteiger partial charge < -0.3 is 4.74 Å². The topological polar surface area (TPSA) is 92.4 Å². The zero-order valence-corrected chi connectivity index (χ0v) is 11.0. The number of H-pyrrole nitrogens is 1. The smallest absolute Gasteiger partial charge is 0.310 e. The summed E-state index contributed by atoms with van der Waals surface area (Å²) in [5.41, 5.74) is 0. The molecule has 1 N–H and O–H groups in total. The third-order valence-corrected chi connectivity index (χ3v) is 4.94. The molecule has 8 heteroatoms. The van der Waals surface area contributed by atoms with E-state index in [1.807, 2.05) is 6.92 Å². The lowest BCUT2D eigenvalue weighted by Crippen LogP contribution is -2.30. The maximum Gasteiger partial charge on any atom is 0.310 e. The van der Waals surface area contributed by atoms with E-state index in [4.69, 9.17) is 0 Å². The van der Waals surface area contributed by atoms with Crippen molar-refractivity contribution in [1.82, 2.24) is 14.5 Å². The average molecular weight is 273 g/mol. The van der Waals surface area contributed by atoms with Crippen molar-refractivity contribution in [2.75, 3.05) is 20.2 Å². The maximum atomic E-state index is 12.2. The molecule has 1 fully saturated rings. The number of carbonyl (C=O) groups is 1. The molecule has 18 heavy (non-hydrogen) atoms.